The maximum atomic E-state index is 12.7. The zero-order valence-corrected chi connectivity index (χ0v) is 17.3. The number of nitrogens with one attached hydrogen (secondary N) is 1. The fourth-order valence-corrected chi connectivity index (χ4v) is 5.13. The van der Waals surface area contributed by atoms with Gasteiger partial charge in [0.1, 0.15) is 0 Å². The van der Waals surface area contributed by atoms with Crippen LogP contribution in [0.3, 0.4) is 0 Å². The summed E-state index contributed by atoms with van der Waals surface area (Å²) in [5.74, 6) is -0.382. The van der Waals surface area contributed by atoms with Crippen molar-refractivity contribution < 1.29 is 13.2 Å². The maximum absolute atomic E-state index is 12.7. The van der Waals surface area contributed by atoms with Gasteiger partial charge in [0.2, 0.25) is 15.9 Å². The number of carbonyl (C=O) groups is 1. The Morgan fingerprint density at radius 3 is 2.54 bits per heavy atom. The summed E-state index contributed by atoms with van der Waals surface area (Å²) in [6, 6.07) is 16.8. The van der Waals surface area contributed by atoms with Crippen molar-refractivity contribution >= 4 is 33.2 Å². The van der Waals surface area contributed by atoms with E-state index in [2.05, 4.69) is 5.32 Å². The van der Waals surface area contributed by atoms with E-state index in [9.17, 15) is 13.2 Å². The van der Waals surface area contributed by atoms with Crippen molar-refractivity contribution in [1.29, 1.82) is 0 Å². The third-order valence-electron chi connectivity index (χ3n) is 4.97. The van der Waals surface area contributed by atoms with Gasteiger partial charge in [0.25, 0.3) is 0 Å². The molecule has 7 heteroatoms. The molecular formula is C21H25ClN2O3S. The number of nitrogens with zero attached hydrogens (tertiary/aromatic N) is 1. The van der Waals surface area contributed by atoms with Crippen LogP contribution in [0, 0.1) is 5.92 Å². The number of amides is 1. The molecule has 0 unspecified atom stereocenters. The van der Waals surface area contributed by atoms with E-state index in [1.54, 1.807) is 24.3 Å². The zero-order chi connectivity index (χ0) is 20.0. The molecule has 0 bridgehead atoms. The number of halogens is 1. The molecule has 28 heavy (non-hydrogen) atoms. The smallest absolute Gasteiger partial charge is 0.228 e. The Balaban J connectivity index is 1.53. The van der Waals surface area contributed by atoms with E-state index in [4.69, 9.17) is 11.6 Å². The number of piperidine rings is 1. The lowest BCUT2D eigenvalue weighted by Crippen LogP contribution is -2.44. The number of rotatable bonds is 7. The molecule has 1 aliphatic heterocycles. The van der Waals surface area contributed by atoms with Gasteiger partial charge in [0, 0.05) is 23.8 Å². The second kappa shape index (κ2) is 9.54. The number of hydrogen-bond donors (Lipinski definition) is 1. The number of aryl methyl sites for hydroxylation is 1. The number of sulfonamides is 1. The molecule has 1 amide bonds. The molecule has 5 nitrogen and oxygen atoms in total. The Labute approximate surface area is 171 Å². The molecule has 150 valence electrons. The molecule has 0 radical (unpaired) electrons. The van der Waals surface area contributed by atoms with Crippen molar-refractivity contribution in [2.24, 2.45) is 5.92 Å². The van der Waals surface area contributed by atoms with Crippen LogP contribution >= 0.6 is 11.6 Å². The van der Waals surface area contributed by atoms with Crippen LogP contribution in [0.25, 0.3) is 0 Å². The third kappa shape index (κ3) is 5.80. The Kier molecular flexibility index (Phi) is 7.10. The molecule has 1 aliphatic rings. The molecule has 2 aromatic rings. The molecule has 0 aliphatic carbocycles. The lowest BCUT2D eigenvalue weighted by atomic mass is 9.99. The fourth-order valence-electron chi connectivity index (χ4n) is 3.42. The normalized spacial score (nSPS) is 18.0. The number of carbonyl (C=O) groups excluding carboxylic acids is 1. The Bertz CT molecular complexity index is 886. The van der Waals surface area contributed by atoms with Crippen molar-refractivity contribution in [3.8, 4) is 0 Å². The average Bonchev–Trinajstić information content (AvgIpc) is 2.70. The summed E-state index contributed by atoms with van der Waals surface area (Å²) in [6.45, 7) is 0.728. The lowest BCUT2D eigenvalue weighted by Gasteiger charge is -2.31. The minimum Gasteiger partial charge on any atom is -0.326 e. The largest absolute Gasteiger partial charge is 0.326 e. The van der Waals surface area contributed by atoms with Crippen LogP contribution in [-0.4, -0.2) is 37.5 Å². The van der Waals surface area contributed by atoms with E-state index in [-0.39, 0.29) is 24.1 Å². The molecule has 0 spiro atoms. The van der Waals surface area contributed by atoms with E-state index < -0.39 is 10.0 Å². The van der Waals surface area contributed by atoms with Crippen molar-refractivity contribution in [2.75, 3.05) is 24.2 Å². The first-order valence-electron chi connectivity index (χ1n) is 9.52. The fraction of sp³-hybridized carbons (Fsp3) is 0.381. The van der Waals surface area contributed by atoms with Crippen LogP contribution in [-0.2, 0) is 21.2 Å². The molecule has 2 aromatic carbocycles. The summed E-state index contributed by atoms with van der Waals surface area (Å²) in [7, 11) is -3.36. The second-order valence-electron chi connectivity index (χ2n) is 7.10. The van der Waals surface area contributed by atoms with E-state index in [1.165, 1.54) is 4.31 Å². The monoisotopic (exact) mass is 420 g/mol. The summed E-state index contributed by atoms with van der Waals surface area (Å²) in [4.78, 5) is 12.6. The minimum absolute atomic E-state index is 0.105. The summed E-state index contributed by atoms with van der Waals surface area (Å²) in [6.07, 6.45) is 2.69. The van der Waals surface area contributed by atoms with E-state index in [1.807, 2.05) is 30.3 Å². The van der Waals surface area contributed by atoms with Gasteiger partial charge >= 0.3 is 0 Å². The highest BCUT2D eigenvalue weighted by Crippen LogP contribution is 2.22. The first-order chi connectivity index (χ1) is 13.4. The van der Waals surface area contributed by atoms with Crippen LogP contribution in [0.4, 0.5) is 5.69 Å². The lowest BCUT2D eigenvalue weighted by molar-refractivity contribution is -0.120. The SMILES string of the molecule is O=C(Nc1ccc(Cl)cc1)[C@@H]1CCCN(S(=O)(=O)CCCc2ccccc2)C1. The predicted molar refractivity (Wildman–Crippen MR) is 113 cm³/mol. The molecule has 1 N–H and O–H groups in total. The van der Waals surface area contributed by atoms with Gasteiger partial charge in [0.15, 0.2) is 0 Å². The first-order valence-corrected chi connectivity index (χ1v) is 11.5. The van der Waals surface area contributed by atoms with Gasteiger partial charge in [0.05, 0.1) is 11.7 Å². The van der Waals surface area contributed by atoms with Crippen LogP contribution in [0.15, 0.2) is 54.6 Å². The van der Waals surface area contributed by atoms with Crippen molar-refractivity contribution in [3.63, 3.8) is 0 Å². The minimum atomic E-state index is -3.36. The average molecular weight is 421 g/mol. The van der Waals surface area contributed by atoms with E-state index in [0.29, 0.717) is 36.5 Å². The van der Waals surface area contributed by atoms with E-state index >= 15 is 0 Å². The second-order valence-corrected chi connectivity index (χ2v) is 9.62. The van der Waals surface area contributed by atoms with Gasteiger partial charge < -0.3 is 5.32 Å². The van der Waals surface area contributed by atoms with Gasteiger partial charge in [-0.2, -0.15) is 0 Å². The topological polar surface area (TPSA) is 66.5 Å². The summed E-state index contributed by atoms with van der Waals surface area (Å²) >= 11 is 5.86. The molecule has 3 rings (SSSR count). The van der Waals surface area contributed by atoms with Gasteiger partial charge in [-0.3, -0.25) is 4.79 Å². The highest BCUT2D eigenvalue weighted by molar-refractivity contribution is 7.89. The van der Waals surface area contributed by atoms with E-state index in [0.717, 1.165) is 12.0 Å². The molecule has 1 fully saturated rings. The van der Waals surface area contributed by atoms with Crippen molar-refractivity contribution in [3.05, 3.63) is 65.2 Å². The summed E-state index contributed by atoms with van der Waals surface area (Å²) in [5, 5.41) is 3.46. The van der Waals surface area contributed by atoms with Crippen molar-refractivity contribution in [1.82, 2.24) is 4.31 Å². The van der Waals surface area contributed by atoms with Gasteiger partial charge in [-0.05, 0) is 55.5 Å². The molecule has 1 atom stereocenters. The first kappa shape index (κ1) is 20.8. The Morgan fingerprint density at radius 1 is 1.11 bits per heavy atom. The van der Waals surface area contributed by atoms with Crippen LogP contribution in [0.1, 0.15) is 24.8 Å². The quantitative estimate of drug-likeness (QED) is 0.737. The summed E-state index contributed by atoms with van der Waals surface area (Å²) in [5.41, 5.74) is 1.80. The molecule has 0 aromatic heterocycles. The Hall–Kier alpha value is -1.89. The van der Waals surface area contributed by atoms with Gasteiger partial charge in [-0.1, -0.05) is 41.9 Å². The standard InChI is InChI=1S/C21H25ClN2O3S/c22-19-10-12-20(13-11-19)23-21(25)18-9-4-14-24(16-18)28(26,27)15-5-8-17-6-2-1-3-7-17/h1-3,6-7,10-13,18H,4-5,8-9,14-16H2,(H,23,25)/t18-/m1/s1. The molecule has 0 saturated carbocycles. The highest BCUT2D eigenvalue weighted by Gasteiger charge is 2.32. The zero-order valence-electron chi connectivity index (χ0n) is 15.7. The molecule has 1 saturated heterocycles. The molecular weight excluding hydrogens is 396 g/mol. The van der Waals surface area contributed by atoms with Crippen molar-refractivity contribution in [2.45, 2.75) is 25.7 Å². The summed E-state index contributed by atoms with van der Waals surface area (Å²) < 4.78 is 26.9. The maximum Gasteiger partial charge on any atom is 0.228 e. The highest BCUT2D eigenvalue weighted by atomic mass is 35.5. The molecule has 1 heterocycles. The van der Waals surface area contributed by atoms with Crippen LogP contribution in [0.5, 0.6) is 0 Å². The van der Waals surface area contributed by atoms with Crippen LogP contribution < -0.4 is 5.32 Å². The van der Waals surface area contributed by atoms with Gasteiger partial charge in [-0.25, -0.2) is 12.7 Å². The number of hydrogen-bond acceptors (Lipinski definition) is 3. The number of anilines is 1. The third-order valence-corrected chi connectivity index (χ3v) is 7.15. The Morgan fingerprint density at radius 2 is 1.82 bits per heavy atom. The number of benzene rings is 2. The van der Waals surface area contributed by atoms with Crippen LogP contribution in [0.2, 0.25) is 5.02 Å². The van der Waals surface area contributed by atoms with Gasteiger partial charge in [-0.15, -0.1) is 0 Å². The predicted octanol–water partition coefficient (Wildman–Crippen LogP) is 3.95.